The van der Waals surface area contributed by atoms with Gasteiger partial charge in [0.1, 0.15) is 5.69 Å². The number of aryl methyl sites for hydroxylation is 4. The molecule has 2 aliphatic heterocycles. The van der Waals surface area contributed by atoms with Crippen molar-refractivity contribution in [1.82, 2.24) is 14.4 Å². The van der Waals surface area contributed by atoms with Gasteiger partial charge in [-0.1, -0.05) is 35.9 Å². The average Bonchev–Trinajstić information content (AvgIpc) is 3.24. The molecule has 0 spiro atoms. The zero-order valence-electron chi connectivity index (χ0n) is 22.2. The fourth-order valence-corrected chi connectivity index (χ4v) is 7.63. The Morgan fingerprint density at radius 3 is 2.47 bits per heavy atom. The molecule has 3 heterocycles. The Morgan fingerprint density at radius 2 is 1.78 bits per heavy atom. The summed E-state index contributed by atoms with van der Waals surface area (Å²) >= 11 is 0. The first kappa shape index (κ1) is 26.6. The molecule has 2 aromatic rings. The number of carbonyl (C=O) groups excluding carboxylic acids is 1. The van der Waals surface area contributed by atoms with Crippen LogP contribution in [0.25, 0.3) is 12.2 Å². The number of aromatic nitrogens is 1. The molecule has 1 aromatic carbocycles. The molecule has 0 saturated carbocycles. The fourth-order valence-electron chi connectivity index (χ4n) is 5.85. The van der Waals surface area contributed by atoms with Gasteiger partial charge in [-0.25, -0.2) is 8.42 Å². The van der Waals surface area contributed by atoms with Gasteiger partial charge in [-0.2, -0.15) is 4.31 Å². The van der Waals surface area contributed by atoms with Crippen LogP contribution in [0.5, 0.6) is 0 Å². The van der Waals surface area contributed by atoms with E-state index >= 15 is 0 Å². The lowest BCUT2D eigenvalue weighted by Crippen LogP contribution is -2.51. The highest BCUT2D eigenvalue weighted by atomic mass is 32.2. The van der Waals surface area contributed by atoms with E-state index in [2.05, 4.69) is 31.1 Å². The van der Waals surface area contributed by atoms with Crippen molar-refractivity contribution in [2.45, 2.75) is 84.1 Å². The third-order valence-electron chi connectivity index (χ3n) is 7.69. The van der Waals surface area contributed by atoms with Gasteiger partial charge in [0.25, 0.3) is 0 Å². The number of nitrogens with zero attached hydrogens (tertiary/aromatic N) is 3. The van der Waals surface area contributed by atoms with E-state index in [0.717, 1.165) is 55.3 Å². The lowest BCUT2D eigenvalue weighted by Gasteiger charge is -2.40. The van der Waals surface area contributed by atoms with Crippen LogP contribution in [0.4, 0.5) is 0 Å². The number of amides is 1. The standard InChI is InChI=1S/C28H39N3O4S/c1-6-24-11-7-8-15-31(24)28(32)23-10-9-14-30(18-23)36(33,34)27-22(5)29-35-26(27)13-12-25-20(3)16-19(2)17-21(25)4/h12-13,16-17,23-24H,6-11,14-15,18H2,1-5H3/b13-12+/t23-,24-/m0/s1. The van der Waals surface area contributed by atoms with Crippen molar-refractivity contribution in [3.05, 3.63) is 45.8 Å². The van der Waals surface area contributed by atoms with Crippen LogP contribution in [0, 0.1) is 33.6 Å². The molecule has 36 heavy (non-hydrogen) atoms. The molecule has 0 radical (unpaired) electrons. The number of hydrogen-bond donors (Lipinski definition) is 0. The van der Waals surface area contributed by atoms with Crippen LogP contribution in [0.3, 0.4) is 0 Å². The van der Waals surface area contributed by atoms with E-state index in [1.165, 1.54) is 9.87 Å². The molecule has 8 heteroatoms. The third-order valence-corrected chi connectivity index (χ3v) is 9.71. The summed E-state index contributed by atoms with van der Waals surface area (Å²) in [6.07, 6.45) is 9.13. The Hall–Kier alpha value is -2.45. The van der Waals surface area contributed by atoms with E-state index in [-0.39, 0.29) is 35.1 Å². The molecule has 1 aromatic heterocycles. The van der Waals surface area contributed by atoms with E-state index in [9.17, 15) is 13.2 Å². The predicted molar refractivity (Wildman–Crippen MR) is 142 cm³/mol. The number of piperidine rings is 2. The number of carbonyl (C=O) groups is 1. The molecule has 7 nitrogen and oxygen atoms in total. The topological polar surface area (TPSA) is 83.7 Å². The molecule has 2 saturated heterocycles. The minimum absolute atomic E-state index is 0.0960. The van der Waals surface area contributed by atoms with Crippen LogP contribution in [-0.4, -0.2) is 54.4 Å². The molecule has 0 bridgehead atoms. The molecule has 2 aliphatic rings. The van der Waals surface area contributed by atoms with Crippen LogP contribution >= 0.6 is 0 Å². The molecule has 0 unspecified atom stereocenters. The minimum Gasteiger partial charge on any atom is -0.355 e. The number of rotatable bonds is 6. The van der Waals surface area contributed by atoms with Crippen molar-refractivity contribution in [3.8, 4) is 0 Å². The van der Waals surface area contributed by atoms with Gasteiger partial charge in [-0.05, 0) is 89.0 Å². The Kier molecular flexibility index (Phi) is 8.05. The predicted octanol–water partition coefficient (Wildman–Crippen LogP) is 5.27. The molecule has 0 N–H and O–H groups in total. The van der Waals surface area contributed by atoms with Gasteiger partial charge < -0.3 is 9.42 Å². The Balaban J connectivity index is 1.58. The lowest BCUT2D eigenvalue weighted by molar-refractivity contribution is -0.140. The highest BCUT2D eigenvalue weighted by molar-refractivity contribution is 7.89. The molecule has 4 rings (SSSR count). The van der Waals surface area contributed by atoms with E-state index in [1.807, 2.05) is 24.8 Å². The van der Waals surface area contributed by atoms with Crippen molar-refractivity contribution >= 4 is 28.1 Å². The number of benzene rings is 1. The highest BCUT2D eigenvalue weighted by Crippen LogP contribution is 2.31. The second-order valence-corrected chi connectivity index (χ2v) is 12.3. The first-order valence-corrected chi connectivity index (χ1v) is 14.6. The zero-order chi connectivity index (χ0) is 26.0. The first-order chi connectivity index (χ1) is 17.1. The fraction of sp³-hybridized carbons (Fsp3) is 0.571. The third kappa shape index (κ3) is 5.30. The van der Waals surface area contributed by atoms with Crippen molar-refractivity contribution in [3.63, 3.8) is 0 Å². The van der Waals surface area contributed by atoms with Crippen LogP contribution in [-0.2, 0) is 14.8 Å². The molecule has 2 atom stereocenters. The van der Waals surface area contributed by atoms with Gasteiger partial charge in [0.05, 0.1) is 5.92 Å². The Morgan fingerprint density at radius 1 is 1.06 bits per heavy atom. The van der Waals surface area contributed by atoms with E-state index in [1.54, 1.807) is 13.0 Å². The lowest BCUT2D eigenvalue weighted by atomic mass is 9.93. The highest BCUT2D eigenvalue weighted by Gasteiger charge is 2.39. The zero-order valence-corrected chi connectivity index (χ0v) is 23.0. The molecule has 2 fully saturated rings. The summed E-state index contributed by atoms with van der Waals surface area (Å²) in [5, 5.41) is 3.99. The maximum absolute atomic E-state index is 13.8. The second kappa shape index (κ2) is 10.9. The maximum atomic E-state index is 13.8. The molecule has 1 amide bonds. The SMILES string of the molecule is CC[C@H]1CCCCN1C(=O)[C@H]1CCCN(S(=O)(=O)c2c(C)noc2/C=C/c2c(C)cc(C)cc2C)C1. The van der Waals surface area contributed by atoms with E-state index in [4.69, 9.17) is 4.52 Å². The maximum Gasteiger partial charge on any atom is 0.248 e. The van der Waals surface area contributed by atoms with Crippen LogP contribution in [0.1, 0.15) is 79.2 Å². The molecular weight excluding hydrogens is 474 g/mol. The van der Waals surface area contributed by atoms with E-state index < -0.39 is 10.0 Å². The second-order valence-electron chi connectivity index (χ2n) is 10.4. The van der Waals surface area contributed by atoms with E-state index in [0.29, 0.717) is 18.7 Å². The molecular formula is C28H39N3O4S. The van der Waals surface area contributed by atoms with Gasteiger partial charge in [0, 0.05) is 25.7 Å². The summed E-state index contributed by atoms with van der Waals surface area (Å²) in [6, 6.07) is 4.47. The van der Waals surface area contributed by atoms with Crippen molar-refractivity contribution in [2.24, 2.45) is 5.92 Å². The van der Waals surface area contributed by atoms with Crippen LogP contribution in [0.2, 0.25) is 0 Å². The van der Waals surface area contributed by atoms with Gasteiger partial charge in [0.15, 0.2) is 10.7 Å². The summed E-state index contributed by atoms with van der Waals surface area (Å²) in [5.74, 6) is 0.0222. The van der Waals surface area contributed by atoms with Gasteiger partial charge in [-0.3, -0.25) is 4.79 Å². The Bertz CT molecular complexity index is 1220. The van der Waals surface area contributed by atoms with Gasteiger partial charge in [-0.15, -0.1) is 0 Å². The summed E-state index contributed by atoms with van der Waals surface area (Å²) in [5.41, 5.74) is 4.79. The first-order valence-electron chi connectivity index (χ1n) is 13.2. The smallest absolute Gasteiger partial charge is 0.248 e. The molecule has 0 aliphatic carbocycles. The monoisotopic (exact) mass is 513 g/mol. The quantitative estimate of drug-likeness (QED) is 0.525. The largest absolute Gasteiger partial charge is 0.355 e. The molecule has 196 valence electrons. The number of likely N-dealkylation sites (tertiary alicyclic amines) is 1. The number of sulfonamides is 1. The average molecular weight is 514 g/mol. The number of hydrogen-bond acceptors (Lipinski definition) is 5. The van der Waals surface area contributed by atoms with Crippen molar-refractivity contribution < 1.29 is 17.7 Å². The Labute approximate surface area is 215 Å². The minimum atomic E-state index is -3.87. The summed E-state index contributed by atoms with van der Waals surface area (Å²) in [4.78, 5) is 15.5. The summed E-state index contributed by atoms with van der Waals surface area (Å²) < 4.78 is 34.6. The normalized spacial score (nSPS) is 21.9. The van der Waals surface area contributed by atoms with Crippen LogP contribution < -0.4 is 0 Å². The summed E-state index contributed by atoms with van der Waals surface area (Å²) in [6.45, 7) is 11.3. The van der Waals surface area contributed by atoms with Crippen molar-refractivity contribution in [1.29, 1.82) is 0 Å². The van der Waals surface area contributed by atoms with Gasteiger partial charge >= 0.3 is 0 Å². The van der Waals surface area contributed by atoms with Crippen LogP contribution in [0.15, 0.2) is 21.6 Å². The van der Waals surface area contributed by atoms with Gasteiger partial charge in [0.2, 0.25) is 15.9 Å². The summed E-state index contributed by atoms with van der Waals surface area (Å²) in [7, 11) is -3.87. The van der Waals surface area contributed by atoms with Crippen molar-refractivity contribution in [2.75, 3.05) is 19.6 Å².